The predicted octanol–water partition coefficient (Wildman–Crippen LogP) is 2.11. The molecule has 0 radical (unpaired) electrons. The fraction of sp³-hybridized carbons (Fsp3) is 0.417. The van der Waals surface area contributed by atoms with Gasteiger partial charge in [-0.3, -0.25) is 4.18 Å². The average molecular weight is 271 g/mol. The van der Waals surface area contributed by atoms with Crippen LogP contribution in [-0.2, 0) is 19.1 Å². The highest BCUT2D eigenvalue weighted by Crippen LogP contribution is 2.12. The molecule has 0 spiro atoms. The van der Waals surface area contributed by atoms with Crippen LogP contribution in [0, 0.1) is 6.92 Å². The van der Waals surface area contributed by atoms with E-state index in [1.54, 1.807) is 26.0 Å². The van der Waals surface area contributed by atoms with Crippen molar-refractivity contribution in [2.45, 2.75) is 25.7 Å². The van der Waals surface area contributed by atoms with Crippen LogP contribution in [0.3, 0.4) is 0 Å². The van der Waals surface area contributed by atoms with Crippen molar-refractivity contribution in [3.8, 4) is 0 Å². The van der Waals surface area contributed by atoms with Crippen molar-refractivity contribution in [2.24, 2.45) is 5.16 Å². The molecule has 0 unspecified atom stereocenters. The van der Waals surface area contributed by atoms with Crippen molar-refractivity contribution in [2.75, 3.05) is 13.2 Å². The van der Waals surface area contributed by atoms with Gasteiger partial charge in [0.15, 0.2) is 0 Å². The van der Waals surface area contributed by atoms with Gasteiger partial charge < -0.3 is 4.84 Å². The maximum absolute atomic E-state index is 11.7. The van der Waals surface area contributed by atoms with Gasteiger partial charge in [0.05, 0.1) is 10.6 Å². The third-order valence-corrected chi connectivity index (χ3v) is 3.30. The fourth-order valence-corrected chi connectivity index (χ4v) is 2.02. The summed E-state index contributed by atoms with van der Waals surface area (Å²) in [6.07, 6.45) is 0. The number of benzene rings is 1. The quantitative estimate of drug-likeness (QED) is 0.344. The van der Waals surface area contributed by atoms with Crippen LogP contribution in [0.5, 0.6) is 0 Å². The summed E-state index contributed by atoms with van der Waals surface area (Å²) < 4.78 is 28.3. The second-order valence-electron chi connectivity index (χ2n) is 3.96. The normalized spacial score (nSPS) is 11.1. The highest BCUT2D eigenvalue weighted by molar-refractivity contribution is 7.86. The molecule has 0 aliphatic heterocycles. The molecular formula is C12H17NO4S. The van der Waals surface area contributed by atoms with E-state index in [1.807, 2.05) is 6.92 Å². The lowest BCUT2D eigenvalue weighted by Crippen LogP contribution is -2.10. The minimum atomic E-state index is -3.71. The third kappa shape index (κ3) is 4.85. The molecule has 0 aromatic heterocycles. The second-order valence-corrected chi connectivity index (χ2v) is 5.58. The van der Waals surface area contributed by atoms with E-state index in [2.05, 4.69) is 5.16 Å². The van der Waals surface area contributed by atoms with E-state index in [1.165, 1.54) is 12.1 Å². The van der Waals surface area contributed by atoms with Gasteiger partial charge in [0.25, 0.3) is 10.1 Å². The minimum absolute atomic E-state index is 0.0625. The summed E-state index contributed by atoms with van der Waals surface area (Å²) in [5, 5.41) is 3.67. The smallest absolute Gasteiger partial charge is 0.297 e. The molecule has 0 N–H and O–H groups in total. The maximum atomic E-state index is 11.7. The van der Waals surface area contributed by atoms with E-state index >= 15 is 0 Å². The van der Waals surface area contributed by atoms with Crippen LogP contribution >= 0.6 is 0 Å². The molecule has 0 fully saturated rings. The summed E-state index contributed by atoms with van der Waals surface area (Å²) in [4.78, 5) is 4.99. The van der Waals surface area contributed by atoms with Gasteiger partial charge in [-0.25, -0.2) is 0 Å². The Morgan fingerprint density at radius 2 is 1.78 bits per heavy atom. The first-order valence-corrected chi connectivity index (χ1v) is 6.92. The Labute approximate surface area is 108 Å². The van der Waals surface area contributed by atoms with Crippen molar-refractivity contribution in [3.05, 3.63) is 29.8 Å². The molecule has 100 valence electrons. The fourth-order valence-electron chi connectivity index (χ4n) is 1.13. The summed E-state index contributed by atoms with van der Waals surface area (Å²) in [5.41, 5.74) is 1.75. The van der Waals surface area contributed by atoms with Crippen LogP contribution in [0.2, 0.25) is 0 Å². The second kappa shape index (κ2) is 6.51. The first-order chi connectivity index (χ1) is 8.42. The van der Waals surface area contributed by atoms with E-state index in [9.17, 15) is 8.42 Å². The van der Waals surface area contributed by atoms with E-state index in [0.29, 0.717) is 0 Å². The highest BCUT2D eigenvalue weighted by Gasteiger charge is 2.14. The summed E-state index contributed by atoms with van der Waals surface area (Å²) in [6, 6.07) is 6.47. The molecule has 18 heavy (non-hydrogen) atoms. The van der Waals surface area contributed by atoms with E-state index in [0.717, 1.165) is 11.3 Å². The molecule has 0 saturated heterocycles. The van der Waals surface area contributed by atoms with Gasteiger partial charge >= 0.3 is 0 Å². The van der Waals surface area contributed by atoms with Crippen LogP contribution in [0.25, 0.3) is 0 Å². The van der Waals surface area contributed by atoms with E-state index in [4.69, 9.17) is 9.02 Å². The molecule has 1 aromatic carbocycles. The van der Waals surface area contributed by atoms with Crippen molar-refractivity contribution in [1.82, 2.24) is 0 Å². The molecule has 0 heterocycles. The van der Waals surface area contributed by atoms with Gasteiger partial charge in [-0.1, -0.05) is 22.9 Å². The van der Waals surface area contributed by atoms with Gasteiger partial charge in [0.1, 0.15) is 13.2 Å². The summed E-state index contributed by atoms with van der Waals surface area (Å²) in [7, 11) is -3.71. The third-order valence-electron chi connectivity index (χ3n) is 1.97. The zero-order valence-corrected chi connectivity index (χ0v) is 11.5. The van der Waals surface area contributed by atoms with Gasteiger partial charge in [-0.15, -0.1) is 0 Å². The van der Waals surface area contributed by atoms with Gasteiger partial charge in [0.2, 0.25) is 0 Å². The molecule has 0 aliphatic rings. The zero-order chi connectivity index (χ0) is 13.6. The largest absolute Gasteiger partial charge is 0.393 e. The predicted molar refractivity (Wildman–Crippen MR) is 69.1 cm³/mol. The lowest BCUT2D eigenvalue weighted by molar-refractivity contribution is 0.109. The Hall–Kier alpha value is -1.40. The molecule has 0 atom stereocenters. The van der Waals surface area contributed by atoms with Crippen molar-refractivity contribution < 1.29 is 17.4 Å². The molecule has 1 aromatic rings. The molecule has 0 amide bonds. The average Bonchev–Trinajstić information content (AvgIpc) is 2.28. The number of nitrogens with zero attached hydrogens (tertiary/aromatic N) is 1. The van der Waals surface area contributed by atoms with Crippen LogP contribution in [-0.4, -0.2) is 27.3 Å². The SMILES string of the molecule is CC(C)=NOCCOS(=O)(=O)c1ccc(C)cc1. The number of hydrogen-bond donors (Lipinski definition) is 0. The summed E-state index contributed by atoms with van der Waals surface area (Å²) in [5.74, 6) is 0. The Morgan fingerprint density at radius 1 is 1.17 bits per heavy atom. The van der Waals surface area contributed by atoms with Crippen LogP contribution in [0.1, 0.15) is 19.4 Å². The van der Waals surface area contributed by atoms with Crippen molar-refractivity contribution in [3.63, 3.8) is 0 Å². The lowest BCUT2D eigenvalue weighted by atomic mass is 10.2. The minimum Gasteiger partial charge on any atom is -0.393 e. The van der Waals surface area contributed by atoms with E-state index < -0.39 is 10.1 Å². The Balaban J connectivity index is 2.50. The summed E-state index contributed by atoms with van der Waals surface area (Å²) in [6.45, 7) is 5.48. The topological polar surface area (TPSA) is 65.0 Å². The molecule has 0 saturated carbocycles. The molecule has 5 nitrogen and oxygen atoms in total. The van der Waals surface area contributed by atoms with Crippen molar-refractivity contribution >= 4 is 15.8 Å². The molecular weight excluding hydrogens is 254 g/mol. The first kappa shape index (κ1) is 14.7. The number of rotatable bonds is 6. The van der Waals surface area contributed by atoms with Crippen molar-refractivity contribution in [1.29, 1.82) is 0 Å². The molecule has 6 heteroatoms. The zero-order valence-electron chi connectivity index (χ0n) is 10.7. The monoisotopic (exact) mass is 271 g/mol. The van der Waals surface area contributed by atoms with Gasteiger partial charge in [0, 0.05) is 0 Å². The number of aryl methyl sites for hydroxylation is 1. The molecule has 1 rings (SSSR count). The number of hydrogen-bond acceptors (Lipinski definition) is 5. The van der Waals surface area contributed by atoms with Gasteiger partial charge in [-0.2, -0.15) is 8.42 Å². The summed E-state index contributed by atoms with van der Waals surface area (Å²) >= 11 is 0. The Kier molecular flexibility index (Phi) is 5.30. The lowest BCUT2D eigenvalue weighted by Gasteiger charge is -2.05. The van der Waals surface area contributed by atoms with Gasteiger partial charge in [-0.05, 0) is 32.9 Å². The molecule has 0 bridgehead atoms. The number of oxime groups is 1. The van der Waals surface area contributed by atoms with Crippen LogP contribution < -0.4 is 0 Å². The van der Waals surface area contributed by atoms with E-state index in [-0.39, 0.29) is 18.1 Å². The Bertz CT molecular complexity index is 501. The standard InChI is InChI=1S/C12H17NO4S/c1-10(2)13-16-8-9-17-18(14,15)12-6-4-11(3)5-7-12/h4-7H,8-9H2,1-3H3. The van der Waals surface area contributed by atoms with Crippen LogP contribution in [0.15, 0.2) is 34.3 Å². The Morgan fingerprint density at radius 3 is 2.33 bits per heavy atom. The first-order valence-electron chi connectivity index (χ1n) is 5.51. The maximum Gasteiger partial charge on any atom is 0.297 e. The molecule has 0 aliphatic carbocycles. The van der Waals surface area contributed by atoms with Crippen LogP contribution in [0.4, 0.5) is 0 Å². The highest BCUT2D eigenvalue weighted by atomic mass is 32.2.